The molecule has 1 aliphatic rings. The van der Waals surface area contributed by atoms with Crippen molar-refractivity contribution in [1.29, 1.82) is 0 Å². The highest BCUT2D eigenvalue weighted by Gasteiger charge is 2.16. The number of anilines is 1. The summed E-state index contributed by atoms with van der Waals surface area (Å²) in [5.41, 5.74) is 0.169. The Morgan fingerprint density at radius 3 is 2.80 bits per heavy atom. The fraction of sp³-hybridized carbons (Fsp3) is 0.538. The molecule has 1 fully saturated rings. The van der Waals surface area contributed by atoms with Gasteiger partial charge in [0, 0.05) is 25.7 Å². The lowest BCUT2D eigenvalue weighted by Gasteiger charge is -2.27. The molecule has 1 aromatic carbocycles. The maximum Gasteiger partial charge on any atom is 0.292 e. The topological polar surface area (TPSA) is 67.6 Å². The number of rotatable bonds is 6. The number of ether oxygens (including phenoxy) is 1. The molecule has 0 saturated carbocycles. The summed E-state index contributed by atoms with van der Waals surface area (Å²) in [5, 5.41) is 13.9. The summed E-state index contributed by atoms with van der Waals surface area (Å²) in [5.74, 6) is 0. The van der Waals surface area contributed by atoms with E-state index in [1.54, 1.807) is 18.2 Å². The Labute approximate surface area is 122 Å². The first kappa shape index (κ1) is 15.0. The second kappa shape index (κ2) is 7.42. The third kappa shape index (κ3) is 4.33. The summed E-state index contributed by atoms with van der Waals surface area (Å²) >= 11 is 6.22. The molecule has 0 aromatic heterocycles. The van der Waals surface area contributed by atoms with E-state index in [1.807, 2.05) is 0 Å². The van der Waals surface area contributed by atoms with Gasteiger partial charge in [0.15, 0.2) is 0 Å². The van der Waals surface area contributed by atoms with Gasteiger partial charge >= 0.3 is 0 Å². The quantitative estimate of drug-likeness (QED) is 0.378. The van der Waals surface area contributed by atoms with Gasteiger partial charge in [-0.05, 0) is 12.5 Å². The highest BCUT2D eigenvalue weighted by atomic mass is 35.5. The molecule has 1 unspecified atom stereocenters. The summed E-state index contributed by atoms with van der Waals surface area (Å²) in [6, 6.07) is 6.53. The average molecular weight is 300 g/mol. The van der Waals surface area contributed by atoms with Gasteiger partial charge in [0.05, 0.1) is 18.1 Å². The molecule has 1 saturated heterocycles. The number of para-hydroxylation sites is 2. The molecular weight excluding hydrogens is 282 g/mol. The number of nitro benzene ring substituents is 1. The van der Waals surface area contributed by atoms with Gasteiger partial charge < -0.3 is 10.1 Å². The lowest BCUT2D eigenvalue weighted by Crippen LogP contribution is -2.38. The first-order valence-electron chi connectivity index (χ1n) is 6.61. The third-order valence-corrected chi connectivity index (χ3v) is 3.54. The molecule has 20 heavy (non-hydrogen) atoms. The lowest BCUT2D eigenvalue weighted by atomic mass is 10.2. The Morgan fingerprint density at radius 2 is 2.10 bits per heavy atom. The van der Waals surface area contributed by atoms with Crippen LogP contribution in [0.15, 0.2) is 24.3 Å². The molecule has 110 valence electrons. The van der Waals surface area contributed by atoms with E-state index in [-0.39, 0.29) is 11.2 Å². The van der Waals surface area contributed by atoms with E-state index in [9.17, 15) is 10.1 Å². The van der Waals surface area contributed by atoms with Crippen LogP contribution in [0.25, 0.3) is 0 Å². The molecule has 1 N–H and O–H groups in total. The summed E-state index contributed by atoms with van der Waals surface area (Å²) < 4.78 is 5.28. The second-order valence-electron chi connectivity index (χ2n) is 4.63. The maximum atomic E-state index is 10.9. The van der Waals surface area contributed by atoms with Gasteiger partial charge in [-0.25, -0.2) is 0 Å². The Kier molecular flexibility index (Phi) is 5.58. The van der Waals surface area contributed by atoms with Crippen molar-refractivity contribution >= 4 is 23.0 Å². The molecule has 0 spiro atoms. The SMILES string of the molecule is O=[N+]([O-])c1ccccc1NC(Cl)CCN1CCOCC1. The van der Waals surface area contributed by atoms with Crippen molar-refractivity contribution in [3.63, 3.8) is 0 Å². The number of nitrogens with one attached hydrogen (secondary N) is 1. The van der Waals surface area contributed by atoms with E-state index in [0.717, 1.165) is 32.8 Å². The average Bonchev–Trinajstić information content (AvgIpc) is 2.46. The first-order valence-corrected chi connectivity index (χ1v) is 7.04. The van der Waals surface area contributed by atoms with Gasteiger partial charge in [0.1, 0.15) is 11.2 Å². The largest absolute Gasteiger partial charge is 0.379 e. The van der Waals surface area contributed by atoms with E-state index in [2.05, 4.69) is 10.2 Å². The van der Waals surface area contributed by atoms with E-state index >= 15 is 0 Å². The summed E-state index contributed by atoms with van der Waals surface area (Å²) in [6.45, 7) is 4.18. The number of alkyl halides is 1. The smallest absolute Gasteiger partial charge is 0.292 e. The van der Waals surface area contributed by atoms with E-state index in [1.165, 1.54) is 6.07 Å². The molecule has 1 atom stereocenters. The molecule has 1 aliphatic heterocycles. The first-order chi connectivity index (χ1) is 9.66. The van der Waals surface area contributed by atoms with Gasteiger partial charge in [-0.3, -0.25) is 15.0 Å². The third-order valence-electron chi connectivity index (χ3n) is 3.22. The minimum Gasteiger partial charge on any atom is -0.379 e. The van der Waals surface area contributed by atoms with Gasteiger partial charge in [-0.15, -0.1) is 0 Å². The maximum absolute atomic E-state index is 10.9. The van der Waals surface area contributed by atoms with Crippen LogP contribution in [0, 0.1) is 10.1 Å². The number of morpholine rings is 1. The monoisotopic (exact) mass is 299 g/mol. The van der Waals surface area contributed by atoms with Crippen LogP contribution in [-0.4, -0.2) is 48.2 Å². The van der Waals surface area contributed by atoms with Crippen molar-refractivity contribution in [3.8, 4) is 0 Å². The molecule has 0 amide bonds. The van der Waals surface area contributed by atoms with Crippen LogP contribution in [-0.2, 0) is 4.74 Å². The molecule has 1 aromatic rings. The standard InChI is InChI=1S/C13H18ClN3O3/c14-13(5-6-16-7-9-20-10-8-16)15-11-3-1-2-4-12(11)17(18)19/h1-4,13,15H,5-10H2. The Hall–Kier alpha value is -1.37. The predicted octanol–water partition coefficient (Wildman–Crippen LogP) is 2.29. The van der Waals surface area contributed by atoms with Crippen molar-refractivity contribution in [1.82, 2.24) is 4.90 Å². The van der Waals surface area contributed by atoms with Gasteiger partial charge in [0.2, 0.25) is 0 Å². The fourth-order valence-corrected chi connectivity index (χ4v) is 2.33. The van der Waals surface area contributed by atoms with Gasteiger partial charge in [0.25, 0.3) is 5.69 Å². The zero-order valence-electron chi connectivity index (χ0n) is 11.1. The van der Waals surface area contributed by atoms with Crippen molar-refractivity contribution in [2.45, 2.75) is 11.9 Å². The van der Waals surface area contributed by atoms with Crippen molar-refractivity contribution in [3.05, 3.63) is 34.4 Å². The van der Waals surface area contributed by atoms with E-state index in [0.29, 0.717) is 12.1 Å². The number of benzene rings is 1. The second-order valence-corrected chi connectivity index (χ2v) is 5.16. The Morgan fingerprint density at radius 1 is 1.40 bits per heavy atom. The minimum atomic E-state index is -0.409. The molecule has 0 bridgehead atoms. The Balaban J connectivity index is 1.84. The molecule has 6 nitrogen and oxygen atoms in total. The van der Waals surface area contributed by atoms with E-state index in [4.69, 9.17) is 16.3 Å². The van der Waals surface area contributed by atoms with Crippen LogP contribution in [0.3, 0.4) is 0 Å². The van der Waals surface area contributed by atoms with Crippen LogP contribution < -0.4 is 5.32 Å². The molecule has 0 radical (unpaired) electrons. The van der Waals surface area contributed by atoms with Crippen LogP contribution in [0.4, 0.5) is 11.4 Å². The van der Waals surface area contributed by atoms with Crippen molar-refractivity contribution in [2.75, 3.05) is 38.2 Å². The zero-order chi connectivity index (χ0) is 14.4. The summed E-state index contributed by atoms with van der Waals surface area (Å²) in [7, 11) is 0. The molecule has 7 heteroatoms. The predicted molar refractivity (Wildman–Crippen MR) is 78.2 cm³/mol. The number of nitrogens with zero attached hydrogens (tertiary/aromatic N) is 2. The number of nitro groups is 1. The summed E-state index contributed by atoms with van der Waals surface area (Å²) in [4.78, 5) is 12.8. The fourth-order valence-electron chi connectivity index (χ4n) is 2.12. The van der Waals surface area contributed by atoms with Crippen LogP contribution in [0.2, 0.25) is 0 Å². The number of hydrogen-bond donors (Lipinski definition) is 1. The number of halogens is 1. The zero-order valence-corrected chi connectivity index (χ0v) is 11.9. The number of hydrogen-bond acceptors (Lipinski definition) is 5. The summed E-state index contributed by atoms with van der Waals surface area (Å²) in [6.07, 6.45) is 0.716. The van der Waals surface area contributed by atoms with Crippen LogP contribution >= 0.6 is 11.6 Å². The van der Waals surface area contributed by atoms with Gasteiger partial charge in [-0.2, -0.15) is 0 Å². The van der Waals surface area contributed by atoms with Crippen molar-refractivity contribution < 1.29 is 9.66 Å². The van der Waals surface area contributed by atoms with Crippen LogP contribution in [0.1, 0.15) is 6.42 Å². The molecule has 2 rings (SSSR count). The van der Waals surface area contributed by atoms with E-state index < -0.39 is 4.92 Å². The molecular formula is C13H18ClN3O3. The minimum absolute atomic E-state index is 0.0459. The Bertz CT molecular complexity index is 452. The normalized spacial score (nSPS) is 17.6. The van der Waals surface area contributed by atoms with Gasteiger partial charge in [-0.1, -0.05) is 23.7 Å². The highest BCUT2D eigenvalue weighted by molar-refractivity contribution is 6.21. The van der Waals surface area contributed by atoms with Crippen molar-refractivity contribution in [2.24, 2.45) is 0 Å². The molecule has 1 heterocycles. The highest BCUT2D eigenvalue weighted by Crippen LogP contribution is 2.25. The lowest BCUT2D eigenvalue weighted by molar-refractivity contribution is -0.384. The molecule has 0 aliphatic carbocycles. The van der Waals surface area contributed by atoms with Crippen LogP contribution in [0.5, 0.6) is 0 Å².